The van der Waals surface area contributed by atoms with Crippen molar-refractivity contribution in [2.45, 2.75) is 0 Å². The highest BCUT2D eigenvalue weighted by Gasteiger charge is 2.08. The summed E-state index contributed by atoms with van der Waals surface area (Å²) in [7, 11) is 3.28. The van der Waals surface area contributed by atoms with Crippen LogP contribution in [0.15, 0.2) is 24.8 Å². The first-order chi connectivity index (χ1) is 7.62. The van der Waals surface area contributed by atoms with Crippen LogP contribution in [0.1, 0.15) is 0 Å². The van der Waals surface area contributed by atoms with Crippen molar-refractivity contribution in [2.24, 2.45) is 0 Å². The van der Waals surface area contributed by atoms with Gasteiger partial charge in [-0.2, -0.15) is 0 Å². The Balaban J connectivity index is 3.12. The van der Waals surface area contributed by atoms with E-state index in [0.717, 1.165) is 5.69 Å². The number of nitrogen functional groups attached to an aromatic ring is 1. The zero-order valence-corrected chi connectivity index (χ0v) is 9.33. The van der Waals surface area contributed by atoms with E-state index in [2.05, 4.69) is 17.2 Å². The lowest BCUT2D eigenvalue weighted by atomic mass is 10.2. The number of hydrogen-bond acceptors (Lipinski definition) is 4. The summed E-state index contributed by atoms with van der Waals surface area (Å²) in [6.07, 6.45) is 1.19. The van der Waals surface area contributed by atoms with Crippen LogP contribution >= 0.6 is 0 Å². The summed E-state index contributed by atoms with van der Waals surface area (Å²) in [5.74, 6) is 0.266. The van der Waals surface area contributed by atoms with Gasteiger partial charge in [-0.15, -0.1) is 0 Å². The first-order valence-corrected chi connectivity index (χ1v) is 4.71. The standard InChI is InChI=1S/C11H15N3O2/c1-4-11(15)14-9-5-7(12)10(16-3)6-8(9)13-2/h4-6,13H,1,12H2,2-3H3,(H,14,15). The van der Waals surface area contributed by atoms with Gasteiger partial charge < -0.3 is 21.1 Å². The molecule has 0 unspecified atom stereocenters. The maximum absolute atomic E-state index is 11.2. The lowest BCUT2D eigenvalue weighted by Crippen LogP contribution is -2.10. The van der Waals surface area contributed by atoms with E-state index in [4.69, 9.17) is 10.5 Å². The molecule has 1 rings (SSSR count). The van der Waals surface area contributed by atoms with Crippen molar-refractivity contribution in [2.75, 3.05) is 30.5 Å². The number of benzene rings is 1. The molecule has 1 aromatic carbocycles. The van der Waals surface area contributed by atoms with E-state index >= 15 is 0 Å². The van der Waals surface area contributed by atoms with Crippen LogP contribution in [0.2, 0.25) is 0 Å². The van der Waals surface area contributed by atoms with Crippen molar-refractivity contribution < 1.29 is 9.53 Å². The van der Waals surface area contributed by atoms with Crippen molar-refractivity contribution in [1.82, 2.24) is 0 Å². The minimum Gasteiger partial charge on any atom is -0.495 e. The molecule has 4 N–H and O–H groups in total. The van der Waals surface area contributed by atoms with E-state index in [0.29, 0.717) is 17.1 Å². The van der Waals surface area contributed by atoms with Gasteiger partial charge in [-0.3, -0.25) is 4.79 Å². The average molecular weight is 221 g/mol. The van der Waals surface area contributed by atoms with Gasteiger partial charge in [0.25, 0.3) is 0 Å². The Bertz CT molecular complexity index is 416. The minimum atomic E-state index is -0.291. The van der Waals surface area contributed by atoms with Gasteiger partial charge in [0, 0.05) is 13.1 Å². The van der Waals surface area contributed by atoms with Crippen molar-refractivity contribution in [3.8, 4) is 5.75 Å². The van der Waals surface area contributed by atoms with Gasteiger partial charge >= 0.3 is 0 Å². The summed E-state index contributed by atoms with van der Waals surface area (Å²) >= 11 is 0. The smallest absolute Gasteiger partial charge is 0.247 e. The van der Waals surface area contributed by atoms with E-state index in [1.807, 2.05) is 0 Å². The largest absolute Gasteiger partial charge is 0.495 e. The predicted octanol–water partition coefficient (Wildman–Crippen LogP) is 1.44. The highest BCUT2D eigenvalue weighted by atomic mass is 16.5. The van der Waals surface area contributed by atoms with Crippen LogP contribution in [0.3, 0.4) is 0 Å². The van der Waals surface area contributed by atoms with Gasteiger partial charge in [0.05, 0.1) is 24.2 Å². The number of ether oxygens (including phenoxy) is 1. The van der Waals surface area contributed by atoms with Gasteiger partial charge in [-0.25, -0.2) is 0 Å². The number of hydrogen-bond donors (Lipinski definition) is 3. The molecule has 0 saturated heterocycles. The Morgan fingerprint density at radius 3 is 2.69 bits per heavy atom. The van der Waals surface area contributed by atoms with Crippen molar-refractivity contribution in [1.29, 1.82) is 0 Å². The maximum Gasteiger partial charge on any atom is 0.247 e. The molecule has 1 amide bonds. The van der Waals surface area contributed by atoms with E-state index < -0.39 is 0 Å². The summed E-state index contributed by atoms with van der Waals surface area (Å²) < 4.78 is 5.08. The highest BCUT2D eigenvalue weighted by Crippen LogP contribution is 2.32. The molecule has 5 heteroatoms. The Morgan fingerprint density at radius 1 is 1.50 bits per heavy atom. The second-order valence-corrected chi connectivity index (χ2v) is 3.08. The first kappa shape index (κ1) is 11.9. The Labute approximate surface area is 94.3 Å². The van der Waals surface area contributed by atoms with Crippen LogP contribution in [0.4, 0.5) is 17.1 Å². The third kappa shape index (κ3) is 2.44. The third-order valence-electron chi connectivity index (χ3n) is 2.08. The molecule has 0 aliphatic rings. The summed E-state index contributed by atoms with van der Waals surface area (Å²) in [5, 5.41) is 5.59. The number of carbonyl (C=O) groups is 1. The fraction of sp³-hybridized carbons (Fsp3) is 0.182. The summed E-state index contributed by atoms with van der Waals surface area (Å²) in [6.45, 7) is 3.38. The van der Waals surface area contributed by atoms with Crippen LogP contribution < -0.4 is 21.1 Å². The third-order valence-corrected chi connectivity index (χ3v) is 2.08. The number of rotatable bonds is 4. The minimum absolute atomic E-state index is 0.291. The van der Waals surface area contributed by atoms with Crippen LogP contribution in [0.25, 0.3) is 0 Å². The monoisotopic (exact) mass is 221 g/mol. The summed E-state index contributed by atoms with van der Waals surface area (Å²) in [4.78, 5) is 11.2. The Kier molecular flexibility index (Phi) is 3.77. The number of carbonyl (C=O) groups excluding carboxylic acids is 1. The topological polar surface area (TPSA) is 76.4 Å². The molecule has 0 aromatic heterocycles. The lowest BCUT2D eigenvalue weighted by molar-refractivity contribution is -0.111. The van der Waals surface area contributed by atoms with Crippen LogP contribution in [-0.2, 0) is 4.79 Å². The molecule has 0 aliphatic carbocycles. The second kappa shape index (κ2) is 5.06. The molecule has 5 nitrogen and oxygen atoms in total. The van der Waals surface area contributed by atoms with Crippen LogP contribution in [0.5, 0.6) is 5.75 Å². The maximum atomic E-state index is 11.2. The van der Waals surface area contributed by atoms with E-state index in [9.17, 15) is 4.79 Å². The molecule has 0 spiro atoms. The lowest BCUT2D eigenvalue weighted by Gasteiger charge is -2.13. The molecular weight excluding hydrogens is 206 g/mol. The molecular formula is C11H15N3O2. The molecule has 0 heterocycles. The molecule has 0 aliphatic heterocycles. The fourth-order valence-electron chi connectivity index (χ4n) is 1.27. The van der Waals surface area contributed by atoms with Gasteiger partial charge in [0.1, 0.15) is 5.75 Å². The van der Waals surface area contributed by atoms with Gasteiger partial charge in [0.15, 0.2) is 0 Å². The normalized spacial score (nSPS) is 9.38. The average Bonchev–Trinajstić information content (AvgIpc) is 2.29. The van der Waals surface area contributed by atoms with Crippen molar-refractivity contribution >= 4 is 23.0 Å². The fourth-order valence-corrected chi connectivity index (χ4v) is 1.27. The van der Waals surface area contributed by atoms with Gasteiger partial charge in [0.2, 0.25) is 5.91 Å². The number of anilines is 3. The highest BCUT2D eigenvalue weighted by molar-refractivity contribution is 6.01. The second-order valence-electron chi connectivity index (χ2n) is 3.08. The predicted molar refractivity (Wildman–Crippen MR) is 65.8 cm³/mol. The molecule has 16 heavy (non-hydrogen) atoms. The van der Waals surface area contributed by atoms with E-state index in [1.165, 1.54) is 13.2 Å². The van der Waals surface area contributed by atoms with Gasteiger partial charge in [-0.1, -0.05) is 6.58 Å². The number of methoxy groups -OCH3 is 1. The molecule has 86 valence electrons. The molecule has 0 atom stereocenters. The van der Waals surface area contributed by atoms with E-state index in [-0.39, 0.29) is 5.91 Å². The SMILES string of the molecule is C=CC(=O)Nc1cc(N)c(OC)cc1NC. The summed E-state index contributed by atoms with van der Waals surface area (Å²) in [5.41, 5.74) is 7.51. The van der Waals surface area contributed by atoms with Gasteiger partial charge in [-0.05, 0) is 12.1 Å². The molecule has 0 fully saturated rings. The molecule has 1 aromatic rings. The first-order valence-electron chi connectivity index (χ1n) is 4.71. The van der Waals surface area contributed by atoms with Crippen LogP contribution in [-0.4, -0.2) is 20.1 Å². The number of nitrogens with one attached hydrogen (secondary N) is 2. The molecule has 0 bridgehead atoms. The molecule has 0 radical (unpaired) electrons. The number of amides is 1. The van der Waals surface area contributed by atoms with E-state index in [1.54, 1.807) is 19.2 Å². The van der Waals surface area contributed by atoms with Crippen LogP contribution in [0, 0.1) is 0 Å². The number of nitrogens with two attached hydrogens (primary N) is 1. The Morgan fingerprint density at radius 2 is 2.19 bits per heavy atom. The molecule has 0 saturated carbocycles. The summed E-state index contributed by atoms with van der Waals surface area (Å²) in [6, 6.07) is 3.35. The zero-order valence-electron chi connectivity index (χ0n) is 9.33. The Hall–Kier alpha value is -2.17. The van der Waals surface area contributed by atoms with Crippen molar-refractivity contribution in [3.05, 3.63) is 24.8 Å². The zero-order chi connectivity index (χ0) is 12.1. The van der Waals surface area contributed by atoms with Crippen molar-refractivity contribution in [3.63, 3.8) is 0 Å². The quantitative estimate of drug-likeness (QED) is 0.531.